The predicted molar refractivity (Wildman–Crippen MR) is 73.6 cm³/mol. The molecular weight excluding hydrogens is 226 g/mol. The minimum atomic E-state index is -0.110. The summed E-state index contributed by atoms with van der Waals surface area (Å²) in [6.45, 7) is 9.00. The van der Waals surface area contributed by atoms with Crippen LogP contribution in [0.2, 0.25) is 0 Å². The van der Waals surface area contributed by atoms with Crippen molar-refractivity contribution in [1.29, 1.82) is 0 Å². The van der Waals surface area contributed by atoms with E-state index in [0.29, 0.717) is 24.6 Å². The first kappa shape index (κ1) is 14.3. The zero-order valence-corrected chi connectivity index (χ0v) is 12.3. The number of ether oxygens (including phenoxy) is 1. The molecule has 2 aliphatic rings. The van der Waals surface area contributed by atoms with Crippen LogP contribution in [0.3, 0.4) is 0 Å². The Morgan fingerprint density at radius 2 is 1.83 bits per heavy atom. The van der Waals surface area contributed by atoms with Crippen LogP contribution in [0, 0.1) is 5.92 Å². The average Bonchev–Trinajstić information content (AvgIpc) is 2.47. The van der Waals surface area contributed by atoms with Crippen LogP contribution < -0.4 is 5.32 Å². The van der Waals surface area contributed by atoms with Crippen molar-refractivity contribution in [2.24, 2.45) is 5.92 Å². The van der Waals surface area contributed by atoms with E-state index in [9.17, 15) is 5.11 Å². The summed E-state index contributed by atoms with van der Waals surface area (Å²) in [7, 11) is 0. The first-order valence-corrected chi connectivity index (χ1v) is 7.41. The maximum atomic E-state index is 9.50. The fourth-order valence-corrected chi connectivity index (χ4v) is 3.73. The highest BCUT2D eigenvalue weighted by Gasteiger charge is 2.46. The van der Waals surface area contributed by atoms with Crippen molar-refractivity contribution in [1.82, 2.24) is 5.32 Å². The lowest BCUT2D eigenvalue weighted by atomic mass is 9.83. The van der Waals surface area contributed by atoms with Crippen LogP contribution in [0.15, 0.2) is 0 Å². The van der Waals surface area contributed by atoms with Gasteiger partial charge in [0.2, 0.25) is 0 Å². The van der Waals surface area contributed by atoms with Gasteiger partial charge < -0.3 is 15.2 Å². The molecule has 1 aliphatic carbocycles. The van der Waals surface area contributed by atoms with E-state index in [1.54, 1.807) is 0 Å². The van der Waals surface area contributed by atoms with Crippen molar-refractivity contribution in [2.75, 3.05) is 6.61 Å². The second-order valence-corrected chi connectivity index (χ2v) is 7.22. The highest BCUT2D eigenvalue weighted by molar-refractivity contribution is 5.00. The maximum Gasteiger partial charge on any atom is 0.0787 e. The van der Waals surface area contributed by atoms with Crippen LogP contribution in [0.5, 0.6) is 0 Å². The maximum absolute atomic E-state index is 9.50. The minimum absolute atomic E-state index is 0.0372. The van der Waals surface area contributed by atoms with Crippen molar-refractivity contribution in [3.05, 3.63) is 0 Å². The molecule has 2 N–H and O–H groups in total. The van der Waals surface area contributed by atoms with Crippen molar-refractivity contribution >= 4 is 0 Å². The molecule has 0 amide bonds. The van der Waals surface area contributed by atoms with Gasteiger partial charge in [0.15, 0.2) is 0 Å². The number of nitrogens with one attached hydrogen (secondary N) is 1. The Bertz CT molecular complexity index is 288. The van der Waals surface area contributed by atoms with E-state index in [0.717, 1.165) is 12.8 Å². The third-order valence-electron chi connectivity index (χ3n) is 4.63. The standard InChI is InChI=1S/C15H29NO2/c1-14(2)9-13(15(3,4)18-14)16-12-8-6-5-7-11(12)10-17/h11-13,16-17H,5-10H2,1-4H3. The van der Waals surface area contributed by atoms with Crippen LogP contribution in [-0.2, 0) is 4.74 Å². The normalized spacial score (nSPS) is 38.8. The van der Waals surface area contributed by atoms with Crippen molar-refractivity contribution in [2.45, 2.75) is 83.1 Å². The van der Waals surface area contributed by atoms with Gasteiger partial charge in [-0.25, -0.2) is 0 Å². The summed E-state index contributed by atoms with van der Waals surface area (Å²) in [6, 6.07) is 0.857. The lowest BCUT2D eigenvalue weighted by Crippen LogP contribution is -2.51. The van der Waals surface area contributed by atoms with Crippen LogP contribution in [0.25, 0.3) is 0 Å². The Morgan fingerprint density at radius 3 is 2.39 bits per heavy atom. The van der Waals surface area contributed by atoms with Crippen molar-refractivity contribution in [3.8, 4) is 0 Å². The molecule has 0 spiro atoms. The number of hydrogen-bond acceptors (Lipinski definition) is 3. The minimum Gasteiger partial charge on any atom is -0.396 e. The van der Waals surface area contributed by atoms with Gasteiger partial charge in [0, 0.05) is 18.7 Å². The number of aliphatic hydroxyl groups excluding tert-OH is 1. The molecule has 0 aromatic rings. The predicted octanol–water partition coefficient (Wildman–Crippen LogP) is 2.47. The molecule has 0 bridgehead atoms. The van der Waals surface area contributed by atoms with Crippen molar-refractivity contribution < 1.29 is 9.84 Å². The molecule has 0 aromatic heterocycles. The van der Waals surface area contributed by atoms with E-state index in [4.69, 9.17) is 4.74 Å². The summed E-state index contributed by atoms with van der Waals surface area (Å²) in [4.78, 5) is 0. The van der Waals surface area contributed by atoms with Gasteiger partial charge in [-0.15, -0.1) is 0 Å². The summed E-state index contributed by atoms with van der Waals surface area (Å²) >= 11 is 0. The average molecular weight is 255 g/mol. The molecule has 3 unspecified atom stereocenters. The summed E-state index contributed by atoms with van der Waals surface area (Å²) in [5.74, 6) is 0.429. The first-order valence-electron chi connectivity index (χ1n) is 7.41. The highest BCUT2D eigenvalue weighted by Crippen LogP contribution is 2.38. The molecule has 3 atom stereocenters. The Labute approximate surface area is 111 Å². The lowest BCUT2D eigenvalue weighted by Gasteiger charge is -2.36. The number of rotatable bonds is 3. The quantitative estimate of drug-likeness (QED) is 0.814. The third-order valence-corrected chi connectivity index (χ3v) is 4.63. The SMILES string of the molecule is CC1(C)CC(NC2CCCCC2CO)C(C)(C)O1. The zero-order valence-electron chi connectivity index (χ0n) is 12.3. The molecule has 3 nitrogen and oxygen atoms in total. The Kier molecular flexibility index (Phi) is 4.05. The topological polar surface area (TPSA) is 41.5 Å². The van der Waals surface area contributed by atoms with E-state index < -0.39 is 0 Å². The third kappa shape index (κ3) is 3.06. The van der Waals surface area contributed by atoms with Crippen LogP contribution in [0.1, 0.15) is 59.8 Å². The van der Waals surface area contributed by atoms with Gasteiger partial charge >= 0.3 is 0 Å². The Hall–Kier alpha value is -0.120. The zero-order chi connectivity index (χ0) is 13.4. The molecule has 3 heteroatoms. The largest absolute Gasteiger partial charge is 0.396 e. The number of aliphatic hydroxyl groups is 1. The van der Waals surface area contributed by atoms with E-state index in [2.05, 4.69) is 33.0 Å². The lowest BCUT2D eigenvalue weighted by molar-refractivity contribution is -0.0713. The molecule has 1 saturated heterocycles. The molecule has 1 aliphatic heterocycles. The van der Waals surface area contributed by atoms with E-state index in [-0.39, 0.29) is 11.2 Å². The van der Waals surface area contributed by atoms with Crippen LogP contribution >= 0.6 is 0 Å². The van der Waals surface area contributed by atoms with Gasteiger partial charge in [-0.3, -0.25) is 0 Å². The molecule has 2 fully saturated rings. The second kappa shape index (κ2) is 5.10. The fourth-order valence-electron chi connectivity index (χ4n) is 3.73. The molecule has 2 rings (SSSR count). The molecule has 0 radical (unpaired) electrons. The van der Waals surface area contributed by atoms with Gasteiger partial charge in [-0.1, -0.05) is 12.8 Å². The highest BCUT2D eigenvalue weighted by atomic mass is 16.5. The summed E-state index contributed by atoms with van der Waals surface area (Å²) in [6.07, 6.45) is 5.95. The molecule has 18 heavy (non-hydrogen) atoms. The summed E-state index contributed by atoms with van der Waals surface area (Å²) in [5, 5.41) is 13.3. The monoisotopic (exact) mass is 255 g/mol. The molecule has 0 aromatic carbocycles. The van der Waals surface area contributed by atoms with Gasteiger partial charge in [0.25, 0.3) is 0 Å². The van der Waals surface area contributed by atoms with Crippen molar-refractivity contribution in [3.63, 3.8) is 0 Å². The Balaban J connectivity index is 2.00. The molecule has 106 valence electrons. The van der Waals surface area contributed by atoms with E-state index in [1.165, 1.54) is 19.3 Å². The molecular formula is C15H29NO2. The smallest absolute Gasteiger partial charge is 0.0787 e. The Morgan fingerprint density at radius 1 is 1.17 bits per heavy atom. The van der Waals surface area contributed by atoms with E-state index in [1.807, 2.05) is 0 Å². The second-order valence-electron chi connectivity index (χ2n) is 7.22. The van der Waals surface area contributed by atoms with Crippen LogP contribution in [0.4, 0.5) is 0 Å². The van der Waals surface area contributed by atoms with Gasteiger partial charge in [-0.05, 0) is 52.9 Å². The van der Waals surface area contributed by atoms with Gasteiger partial charge in [-0.2, -0.15) is 0 Å². The van der Waals surface area contributed by atoms with Gasteiger partial charge in [0.1, 0.15) is 0 Å². The summed E-state index contributed by atoms with van der Waals surface area (Å²) < 4.78 is 6.13. The molecule has 1 heterocycles. The van der Waals surface area contributed by atoms with Gasteiger partial charge in [0.05, 0.1) is 11.2 Å². The fraction of sp³-hybridized carbons (Fsp3) is 1.00. The molecule has 1 saturated carbocycles. The summed E-state index contributed by atoms with van der Waals surface area (Å²) in [5.41, 5.74) is -0.147. The van der Waals surface area contributed by atoms with Crippen LogP contribution in [-0.4, -0.2) is 35.0 Å². The first-order chi connectivity index (χ1) is 8.34. The van der Waals surface area contributed by atoms with E-state index >= 15 is 0 Å². The number of hydrogen-bond donors (Lipinski definition) is 2.